The van der Waals surface area contributed by atoms with Gasteiger partial charge in [-0.1, -0.05) is 31.4 Å². The van der Waals surface area contributed by atoms with E-state index in [1.807, 2.05) is 5.57 Å². The van der Waals surface area contributed by atoms with E-state index in [9.17, 15) is 0 Å². The van der Waals surface area contributed by atoms with Gasteiger partial charge in [-0.3, -0.25) is 0 Å². The van der Waals surface area contributed by atoms with Gasteiger partial charge in [0.2, 0.25) is 0 Å². The van der Waals surface area contributed by atoms with Gasteiger partial charge in [-0.2, -0.15) is 0 Å². The van der Waals surface area contributed by atoms with Gasteiger partial charge in [0.1, 0.15) is 0 Å². The molecule has 3 aliphatic rings. The smallest absolute Gasteiger partial charge is 0.00472 e. The summed E-state index contributed by atoms with van der Waals surface area (Å²) >= 11 is 0. The van der Waals surface area contributed by atoms with Crippen LogP contribution in [0.2, 0.25) is 0 Å². The van der Waals surface area contributed by atoms with E-state index < -0.39 is 0 Å². The van der Waals surface area contributed by atoms with Gasteiger partial charge in [-0.25, -0.2) is 0 Å². The standard InChI is InChI=1S/C17H29N/c1-2-18-14-17(15-8-4-3-5-9-15)12-16(13-17)10-6-7-11-16/h8,18H,2-7,9-14H2,1H3. The maximum atomic E-state index is 3.65. The van der Waals surface area contributed by atoms with Gasteiger partial charge >= 0.3 is 0 Å². The summed E-state index contributed by atoms with van der Waals surface area (Å²) in [5.74, 6) is 0. The molecule has 2 saturated carbocycles. The molecule has 0 aromatic rings. The molecule has 1 spiro atoms. The highest BCUT2D eigenvalue weighted by Gasteiger charge is 2.55. The quantitative estimate of drug-likeness (QED) is 0.724. The zero-order valence-electron chi connectivity index (χ0n) is 12.1. The van der Waals surface area contributed by atoms with Crippen molar-refractivity contribution in [3.8, 4) is 0 Å². The summed E-state index contributed by atoms with van der Waals surface area (Å²) in [4.78, 5) is 0. The zero-order valence-corrected chi connectivity index (χ0v) is 12.1. The first-order valence-electron chi connectivity index (χ1n) is 8.19. The van der Waals surface area contributed by atoms with Crippen LogP contribution in [0.15, 0.2) is 11.6 Å². The Balaban J connectivity index is 1.72. The second kappa shape index (κ2) is 5.00. The molecular weight excluding hydrogens is 218 g/mol. The Morgan fingerprint density at radius 3 is 2.50 bits per heavy atom. The van der Waals surface area contributed by atoms with Crippen molar-refractivity contribution in [1.29, 1.82) is 0 Å². The number of allylic oxidation sites excluding steroid dienone is 1. The fourth-order valence-corrected chi connectivity index (χ4v) is 5.01. The molecule has 0 amide bonds. The van der Waals surface area contributed by atoms with Crippen molar-refractivity contribution in [2.24, 2.45) is 10.8 Å². The first-order valence-corrected chi connectivity index (χ1v) is 8.19. The van der Waals surface area contributed by atoms with E-state index in [0.29, 0.717) is 5.41 Å². The molecule has 0 unspecified atom stereocenters. The van der Waals surface area contributed by atoms with Crippen molar-refractivity contribution in [3.63, 3.8) is 0 Å². The maximum absolute atomic E-state index is 3.65. The minimum Gasteiger partial charge on any atom is -0.316 e. The summed E-state index contributed by atoms with van der Waals surface area (Å²) < 4.78 is 0. The van der Waals surface area contributed by atoms with Crippen LogP contribution in [0, 0.1) is 10.8 Å². The summed E-state index contributed by atoms with van der Waals surface area (Å²) in [6.07, 6.45) is 17.2. The summed E-state index contributed by atoms with van der Waals surface area (Å²) in [6, 6.07) is 0. The predicted octanol–water partition coefficient (Wildman–Crippen LogP) is 4.44. The molecule has 1 N–H and O–H groups in total. The van der Waals surface area contributed by atoms with Gasteiger partial charge < -0.3 is 5.32 Å². The van der Waals surface area contributed by atoms with Crippen LogP contribution in [0.4, 0.5) is 0 Å². The van der Waals surface area contributed by atoms with Gasteiger partial charge in [-0.05, 0) is 63.3 Å². The van der Waals surface area contributed by atoms with Crippen LogP contribution in [0.3, 0.4) is 0 Å². The van der Waals surface area contributed by atoms with E-state index in [0.717, 1.165) is 12.0 Å². The van der Waals surface area contributed by atoms with E-state index in [2.05, 4.69) is 18.3 Å². The average molecular weight is 247 g/mol. The summed E-state index contributed by atoms with van der Waals surface area (Å²) in [5.41, 5.74) is 3.17. The van der Waals surface area contributed by atoms with Crippen LogP contribution >= 0.6 is 0 Å². The molecule has 102 valence electrons. The van der Waals surface area contributed by atoms with E-state index in [-0.39, 0.29) is 0 Å². The molecule has 0 heterocycles. The minimum absolute atomic E-state index is 0.570. The van der Waals surface area contributed by atoms with Gasteiger partial charge in [0.25, 0.3) is 0 Å². The molecule has 0 aromatic carbocycles. The third-order valence-electron chi connectivity index (χ3n) is 5.78. The normalized spacial score (nSPS) is 29.1. The summed E-state index contributed by atoms with van der Waals surface area (Å²) in [5, 5.41) is 3.65. The van der Waals surface area contributed by atoms with Gasteiger partial charge in [0.05, 0.1) is 0 Å². The van der Waals surface area contributed by atoms with E-state index >= 15 is 0 Å². The molecule has 18 heavy (non-hydrogen) atoms. The molecule has 3 aliphatic carbocycles. The monoisotopic (exact) mass is 247 g/mol. The second-order valence-electron chi connectivity index (χ2n) is 7.10. The molecule has 0 saturated heterocycles. The molecule has 0 aliphatic heterocycles. The Morgan fingerprint density at radius 1 is 1.11 bits per heavy atom. The third kappa shape index (κ3) is 2.15. The predicted molar refractivity (Wildman–Crippen MR) is 77.7 cm³/mol. The highest BCUT2D eigenvalue weighted by atomic mass is 14.9. The zero-order chi connectivity index (χ0) is 12.5. The van der Waals surface area contributed by atoms with Gasteiger partial charge in [0, 0.05) is 12.0 Å². The third-order valence-corrected chi connectivity index (χ3v) is 5.78. The number of hydrogen-bond acceptors (Lipinski definition) is 1. The molecule has 0 atom stereocenters. The first kappa shape index (κ1) is 12.7. The molecule has 0 bridgehead atoms. The molecule has 1 nitrogen and oxygen atoms in total. The lowest BCUT2D eigenvalue weighted by Crippen LogP contribution is -2.52. The van der Waals surface area contributed by atoms with Crippen LogP contribution in [0.5, 0.6) is 0 Å². The van der Waals surface area contributed by atoms with E-state index in [1.54, 1.807) is 0 Å². The Hall–Kier alpha value is -0.300. The Bertz CT molecular complexity index is 315. The highest BCUT2D eigenvalue weighted by molar-refractivity contribution is 5.25. The minimum atomic E-state index is 0.570. The number of rotatable bonds is 4. The van der Waals surface area contributed by atoms with Crippen molar-refractivity contribution >= 4 is 0 Å². The number of hydrogen-bond donors (Lipinski definition) is 1. The fraction of sp³-hybridized carbons (Fsp3) is 0.882. The van der Waals surface area contributed by atoms with Crippen molar-refractivity contribution in [2.45, 2.75) is 71.1 Å². The molecular formula is C17H29N. The Labute approximate surface area is 112 Å². The van der Waals surface area contributed by atoms with Crippen molar-refractivity contribution in [1.82, 2.24) is 5.32 Å². The fourth-order valence-electron chi connectivity index (χ4n) is 5.01. The molecule has 0 aromatic heterocycles. The molecule has 3 rings (SSSR count). The van der Waals surface area contributed by atoms with Crippen molar-refractivity contribution in [2.75, 3.05) is 13.1 Å². The molecule has 1 heteroatoms. The molecule has 2 fully saturated rings. The Kier molecular flexibility index (Phi) is 3.53. The van der Waals surface area contributed by atoms with Crippen molar-refractivity contribution in [3.05, 3.63) is 11.6 Å². The topological polar surface area (TPSA) is 12.0 Å². The van der Waals surface area contributed by atoms with Gasteiger partial charge in [0.15, 0.2) is 0 Å². The second-order valence-corrected chi connectivity index (χ2v) is 7.10. The summed E-state index contributed by atoms with van der Waals surface area (Å²) in [7, 11) is 0. The van der Waals surface area contributed by atoms with Crippen LogP contribution < -0.4 is 5.32 Å². The van der Waals surface area contributed by atoms with Crippen LogP contribution in [0.1, 0.15) is 71.1 Å². The van der Waals surface area contributed by atoms with Crippen LogP contribution in [0.25, 0.3) is 0 Å². The van der Waals surface area contributed by atoms with Crippen LogP contribution in [-0.4, -0.2) is 13.1 Å². The largest absolute Gasteiger partial charge is 0.316 e. The van der Waals surface area contributed by atoms with Crippen molar-refractivity contribution < 1.29 is 0 Å². The highest BCUT2D eigenvalue weighted by Crippen LogP contribution is 2.65. The molecule has 0 radical (unpaired) electrons. The SMILES string of the molecule is CCNCC1(C2=CCCCC2)CC2(CCCC2)C1. The van der Waals surface area contributed by atoms with Crippen LogP contribution in [-0.2, 0) is 0 Å². The summed E-state index contributed by atoms with van der Waals surface area (Å²) in [6.45, 7) is 4.62. The maximum Gasteiger partial charge on any atom is 0.00472 e. The lowest BCUT2D eigenvalue weighted by molar-refractivity contribution is -0.00958. The first-order chi connectivity index (χ1) is 8.79. The van der Waals surface area contributed by atoms with E-state index in [1.165, 1.54) is 70.8 Å². The lowest BCUT2D eigenvalue weighted by Gasteiger charge is -2.57. The van der Waals surface area contributed by atoms with Gasteiger partial charge in [-0.15, -0.1) is 0 Å². The number of nitrogens with one attached hydrogen (secondary N) is 1. The average Bonchev–Trinajstić information content (AvgIpc) is 2.85. The van der Waals surface area contributed by atoms with E-state index in [4.69, 9.17) is 0 Å². The lowest BCUT2D eigenvalue weighted by atomic mass is 9.48. The Morgan fingerprint density at radius 2 is 1.89 bits per heavy atom.